The lowest BCUT2D eigenvalue weighted by Crippen LogP contribution is -2.46. The molecule has 0 saturated carbocycles. The van der Waals surface area contributed by atoms with E-state index in [1.165, 1.54) is 22.2 Å². The van der Waals surface area contributed by atoms with Gasteiger partial charge in [0.05, 0.1) is 11.6 Å². The molecule has 0 aliphatic carbocycles. The summed E-state index contributed by atoms with van der Waals surface area (Å²) in [5.41, 5.74) is -0.0687. The van der Waals surface area contributed by atoms with Crippen LogP contribution in [0, 0.1) is 0 Å². The van der Waals surface area contributed by atoms with E-state index in [0.29, 0.717) is 6.04 Å². The van der Waals surface area contributed by atoms with Gasteiger partial charge in [-0.05, 0) is 66.5 Å². The minimum Gasteiger partial charge on any atom is -0.373 e. The molecule has 0 aromatic carbocycles. The summed E-state index contributed by atoms with van der Waals surface area (Å²) < 4.78 is 7.33. The van der Waals surface area contributed by atoms with Gasteiger partial charge in [-0.2, -0.15) is 0 Å². The van der Waals surface area contributed by atoms with Crippen molar-refractivity contribution in [2.24, 2.45) is 0 Å². The summed E-state index contributed by atoms with van der Waals surface area (Å²) in [5.74, 6) is 0. The molecule has 2 heterocycles. The van der Waals surface area contributed by atoms with Crippen molar-refractivity contribution in [3.05, 3.63) is 20.8 Å². The average molecular weight is 332 g/mol. The van der Waals surface area contributed by atoms with Crippen LogP contribution in [-0.4, -0.2) is 18.8 Å². The number of rotatable bonds is 5. The SMILES string of the molecule is CCCNC(c1sccc1Br)C1(C)CCCCO1. The first-order valence-electron chi connectivity index (χ1n) is 6.77. The second kappa shape index (κ2) is 6.51. The topological polar surface area (TPSA) is 21.3 Å². The van der Waals surface area contributed by atoms with Crippen molar-refractivity contribution in [1.82, 2.24) is 5.32 Å². The van der Waals surface area contributed by atoms with E-state index < -0.39 is 0 Å². The maximum atomic E-state index is 6.13. The lowest BCUT2D eigenvalue weighted by molar-refractivity contribution is -0.0891. The van der Waals surface area contributed by atoms with E-state index in [9.17, 15) is 0 Å². The number of hydrogen-bond acceptors (Lipinski definition) is 3. The van der Waals surface area contributed by atoms with Crippen LogP contribution in [0.25, 0.3) is 0 Å². The standard InChI is InChI=1S/C14H22BrNOS/c1-3-8-16-13(12-11(15)6-10-18-12)14(2)7-4-5-9-17-14/h6,10,13,16H,3-5,7-9H2,1-2H3. The zero-order chi connectivity index (χ0) is 13.0. The molecule has 2 unspecified atom stereocenters. The Labute approximate surface area is 122 Å². The smallest absolute Gasteiger partial charge is 0.0856 e. The summed E-state index contributed by atoms with van der Waals surface area (Å²) in [6, 6.07) is 2.43. The third kappa shape index (κ3) is 3.16. The Kier molecular flexibility index (Phi) is 5.24. The van der Waals surface area contributed by atoms with Crippen LogP contribution in [0.3, 0.4) is 0 Å². The van der Waals surface area contributed by atoms with Crippen LogP contribution in [0.5, 0.6) is 0 Å². The molecule has 1 aromatic rings. The van der Waals surface area contributed by atoms with Crippen LogP contribution < -0.4 is 5.32 Å². The maximum absolute atomic E-state index is 6.13. The van der Waals surface area contributed by atoms with Gasteiger partial charge in [-0.3, -0.25) is 0 Å². The molecule has 1 fully saturated rings. The van der Waals surface area contributed by atoms with Gasteiger partial charge in [-0.15, -0.1) is 11.3 Å². The van der Waals surface area contributed by atoms with Crippen molar-refractivity contribution in [2.75, 3.05) is 13.2 Å². The maximum Gasteiger partial charge on any atom is 0.0856 e. The molecular formula is C14H22BrNOS. The highest BCUT2D eigenvalue weighted by Crippen LogP contribution is 2.41. The molecule has 2 rings (SSSR count). The van der Waals surface area contributed by atoms with Gasteiger partial charge >= 0.3 is 0 Å². The highest BCUT2D eigenvalue weighted by molar-refractivity contribution is 9.10. The van der Waals surface area contributed by atoms with Gasteiger partial charge in [0.15, 0.2) is 0 Å². The van der Waals surface area contributed by atoms with Gasteiger partial charge in [-0.25, -0.2) is 0 Å². The van der Waals surface area contributed by atoms with Crippen LogP contribution in [0.4, 0.5) is 0 Å². The molecule has 0 spiro atoms. The van der Waals surface area contributed by atoms with E-state index in [0.717, 1.165) is 26.0 Å². The summed E-state index contributed by atoms with van der Waals surface area (Å²) in [5, 5.41) is 5.82. The first-order valence-corrected chi connectivity index (χ1v) is 8.45. The van der Waals surface area contributed by atoms with Crippen LogP contribution in [0.15, 0.2) is 15.9 Å². The quantitative estimate of drug-likeness (QED) is 0.856. The molecule has 1 N–H and O–H groups in total. The van der Waals surface area contributed by atoms with Crippen molar-refractivity contribution >= 4 is 27.3 Å². The predicted molar refractivity (Wildman–Crippen MR) is 81.3 cm³/mol. The molecule has 0 radical (unpaired) electrons. The van der Waals surface area contributed by atoms with Crippen molar-refractivity contribution in [3.8, 4) is 0 Å². The van der Waals surface area contributed by atoms with Crippen LogP contribution in [-0.2, 0) is 4.74 Å². The lowest BCUT2D eigenvalue weighted by atomic mass is 9.87. The van der Waals surface area contributed by atoms with Crippen molar-refractivity contribution in [3.63, 3.8) is 0 Å². The normalized spacial score (nSPS) is 26.2. The summed E-state index contributed by atoms with van der Waals surface area (Å²) in [4.78, 5) is 1.37. The van der Waals surface area contributed by atoms with E-state index in [4.69, 9.17) is 4.74 Å². The minimum atomic E-state index is -0.0687. The van der Waals surface area contributed by atoms with Crippen LogP contribution in [0.2, 0.25) is 0 Å². The van der Waals surface area contributed by atoms with Crippen molar-refractivity contribution < 1.29 is 4.74 Å². The fourth-order valence-corrected chi connectivity index (χ4v) is 4.39. The van der Waals surface area contributed by atoms with Crippen LogP contribution in [0.1, 0.15) is 50.4 Å². The summed E-state index contributed by atoms with van der Waals surface area (Å²) in [6.07, 6.45) is 4.75. The molecule has 1 aliphatic rings. The Morgan fingerprint density at radius 1 is 1.56 bits per heavy atom. The second-order valence-electron chi connectivity index (χ2n) is 5.14. The van der Waals surface area contributed by atoms with Gasteiger partial charge in [0, 0.05) is 16.0 Å². The van der Waals surface area contributed by atoms with Gasteiger partial charge in [0.25, 0.3) is 0 Å². The first-order chi connectivity index (χ1) is 8.67. The number of thiophene rings is 1. The zero-order valence-corrected chi connectivity index (χ0v) is 13.6. The Hall–Kier alpha value is 0.1000. The lowest BCUT2D eigenvalue weighted by Gasteiger charge is -2.41. The van der Waals surface area contributed by atoms with Crippen molar-refractivity contribution in [1.29, 1.82) is 0 Å². The zero-order valence-electron chi connectivity index (χ0n) is 11.2. The van der Waals surface area contributed by atoms with Gasteiger partial charge < -0.3 is 10.1 Å². The highest BCUT2D eigenvalue weighted by Gasteiger charge is 2.38. The third-order valence-electron chi connectivity index (χ3n) is 3.62. The van der Waals surface area contributed by atoms with Crippen LogP contribution >= 0.6 is 27.3 Å². The molecule has 102 valence electrons. The van der Waals surface area contributed by atoms with E-state index >= 15 is 0 Å². The molecule has 2 atom stereocenters. The van der Waals surface area contributed by atoms with Gasteiger partial charge in [0.2, 0.25) is 0 Å². The Morgan fingerprint density at radius 2 is 2.39 bits per heavy atom. The molecule has 0 amide bonds. The van der Waals surface area contributed by atoms with Crippen molar-refractivity contribution in [2.45, 2.75) is 51.2 Å². The second-order valence-corrected chi connectivity index (χ2v) is 6.94. The minimum absolute atomic E-state index is 0.0687. The fraction of sp³-hybridized carbons (Fsp3) is 0.714. The molecule has 18 heavy (non-hydrogen) atoms. The summed E-state index contributed by atoms with van der Waals surface area (Å²) >= 11 is 5.48. The van der Waals surface area contributed by atoms with E-state index in [-0.39, 0.29) is 5.60 Å². The average Bonchev–Trinajstić information content (AvgIpc) is 2.77. The molecule has 1 saturated heterocycles. The number of ether oxygens (including phenoxy) is 1. The summed E-state index contributed by atoms with van der Waals surface area (Å²) in [7, 11) is 0. The van der Waals surface area contributed by atoms with Gasteiger partial charge in [0.1, 0.15) is 0 Å². The fourth-order valence-electron chi connectivity index (χ4n) is 2.57. The predicted octanol–water partition coefficient (Wildman–Crippen LogP) is 4.51. The highest BCUT2D eigenvalue weighted by atomic mass is 79.9. The monoisotopic (exact) mass is 331 g/mol. The molecule has 0 bridgehead atoms. The number of nitrogens with one attached hydrogen (secondary N) is 1. The van der Waals surface area contributed by atoms with E-state index in [2.05, 4.69) is 46.5 Å². The Morgan fingerprint density at radius 3 is 2.94 bits per heavy atom. The van der Waals surface area contributed by atoms with Gasteiger partial charge in [-0.1, -0.05) is 6.92 Å². The molecule has 2 nitrogen and oxygen atoms in total. The molecule has 1 aliphatic heterocycles. The molecule has 4 heteroatoms. The van der Waals surface area contributed by atoms with E-state index in [1.54, 1.807) is 0 Å². The molecular weight excluding hydrogens is 310 g/mol. The first kappa shape index (κ1) is 14.5. The number of hydrogen-bond donors (Lipinski definition) is 1. The van der Waals surface area contributed by atoms with E-state index in [1.807, 2.05) is 11.3 Å². The Balaban J connectivity index is 2.21. The number of halogens is 1. The largest absolute Gasteiger partial charge is 0.373 e. The summed E-state index contributed by atoms with van der Waals surface area (Å²) in [6.45, 7) is 6.39. The Bertz CT molecular complexity index is 374. The molecule has 1 aromatic heterocycles. The third-order valence-corrected chi connectivity index (χ3v) is 5.55.